The molecule has 5 heteroatoms. The predicted molar refractivity (Wildman–Crippen MR) is 114 cm³/mol. The van der Waals surface area contributed by atoms with Gasteiger partial charge in [-0.25, -0.2) is 4.39 Å². The molecule has 29 heavy (non-hydrogen) atoms. The number of likely N-dealkylation sites (tertiary alicyclic amines) is 1. The van der Waals surface area contributed by atoms with Gasteiger partial charge in [-0.2, -0.15) is 0 Å². The molecule has 1 aliphatic carbocycles. The average Bonchev–Trinajstić information content (AvgIpc) is 2.72. The van der Waals surface area contributed by atoms with Crippen LogP contribution in [0.2, 0.25) is 0 Å². The zero-order valence-corrected chi connectivity index (χ0v) is 18.0. The number of ketones is 1. The number of hydrogen-bond acceptors (Lipinski definition) is 3. The highest BCUT2D eigenvalue weighted by Gasteiger charge is 2.33. The van der Waals surface area contributed by atoms with Crippen molar-refractivity contribution in [1.82, 2.24) is 10.2 Å². The molecule has 0 bridgehead atoms. The van der Waals surface area contributed by atoms with Gasteiger partial charge >= 0.3 is 0 Å². The van der Waals surface area contributed by atoms with Gasteiger partial charge in [0, 0.05) is 12.5 Å². The van der Waals surface area contributed by atoms with Gasteiger partial charge in [-0.05, 0) is 62.7 Å². The van der Waals surface area contributed by atoms with Crippen molar-refractivity contribution >= 4 is 11.7 Å². The van der Waals surface area contributed by atoms with Crippen LogP contribution in [-0.2, 0) is 4.79 Å². The number of rotatable bonds is 6. The summed E-state index contributed by atoms with van der Waals surface area (Å²) in [5.41, 5.74) is 0.682. The number of nitrogens with one attached hydrogen (secondary N) is 1. The monoisotopic (exact) mass is 402 g/mol. The second-order valence-corrected chi connectivity index (χ2v) is 9.22. The zero-order valence-electron chi connectivity index (χ0n) is 18.0. The Labute approximate surface area is 174 Å². The Hall–Kier alpha value is -1.75. The molecule has 0 aromatic heterocycles. The number of likely N-dealkylation sites (N-methyl/N-ethyl adjacent to an activating group) is 1. The molecule has 4 nitrogen and oxygen atoms in total. The molecular weight excluding hydrogens is 367 g/mol. The first-order valence-corrected chi connectivity index (χ1v) is 11.2. The predicted octanol–water partition coefficient (Wildman–Crippen LogP) is 4.54. The number of Topliss-reactive ketones (excluding diaryl/α,β-unsaturated/α-hetero) is 1. The minimum atomic E-state index is -0.522. The number of carbonyl (C=O) groups excluding carboxylic acids is 2. The molecule has 1 aromatic rings. The Balaban J connectivity index is 1.80. The molecule has 1 N–H and O–H groups in total. The summed E-state index contributed by atoms with van der Waals surface area (Å²) in [6, 6.07) is 4.58. The van der Waals surface area contributed by atoms with E-state index in [4.69, 9.17) is 0 Å². The van der Waals surface area contributed by atoms with Crippen molar-refractivity contribution in [2.45, 2.75) is 70.8 Å². The standard InChI is InChI=1S/C24H35FN2O2/c1-16(2)23(28)22(17-9-5-4-6-10-17)26-24(29)20-13-7-12-19(21(20)25)18-11-8-14-27(3)15-18/h7,12-13,16-18,22H,4-6,8-11,14-15H2,1-3H3,(H,26,29). The lowest BCUT2D eigenvalue weighted by Crippen LogP contribution is -2.48. The normalized spacial score (nSPS) is 22.4. The number of piperidine rings is 1. The van der Waals surface area contributed by atoms with Gasteiger partial charge in [0.2, 0.25) is 0 Å². The highest BCUT2D eigenvalue weighted by molar-refractivity contribution is 5.98. The largest absolute Gasteiger partial charge is 0.342 e. The zero-order chi connectivity index (χ0) is 21.0. The molecule has 2 aliphatic rings. The maximum Gasteiger partial charge on any atom is 0.254 e. The van der Waals surface area contributed by atoms with Crippen molar-refractivity contribution in [3.63, 3.8) is 0 Å². The summed E-state index contributed by atoms with van der Waals surface area (Å²) in [5, 5.41) is 2.92. The third-order valence-corrected chi connectivity index (χ3v) is 6.62. The topological polar surface area (TPSA) is 49.4 Å². The molecule has 2 fully saturated rings. The van der Waals surface area contributed by atoms with E-state index in [2.05, 4.69) is 10.2 Å². The molecule has 160 valence electrons. The van der Waals surface area contributed by atoms with Crippen molar-refractivity contribution in [2.24, 2.45) is 11.8 Å². The molecule has 1 heterocycles. The van der Waals surface area contributed by atoms with Gasteiger partial charge in [0.05, 0.1) is 11.6 Å². The minimum Gasteiger partial charge on any atom is -0.342 e. The van der Waals surface area contributed by atoms with Gasteiger partial charge < -0.3 is 10.2 Å². The van der Waals surface area contributed by atoms with E-state index in [1.807, 2.05) is 20.9 Å². The van der Waals surface area contributed by atoms with Gasteiger partial charge in [-0.3, -0.25) is 9.59 Å². The smallest absolute Gasteiger partial charge is 0.254 e. The summed E-state index contributed by atoms with van der Waals surface area (Å²) in [6.45, 7) is 5.56. The van der Waals surface area contributed by atoms with Crippen molar-refractivity contribution in [3.05, 3.63) is 35.1 Å². The summed E-state index contributed by atoms with van der Waals surface area (Å²) in [7, 11) is 2.05. The fourth-order valence-corrected chi connectivity index (χ4v) is 4.93. The maximum atomic E-state index is 15.3. The summed E-state index contributed by atoms with van der Waals surface area (Å²) in [4.78, 5) is 28.1. The molecule has 1 amide bonds. The maximum absolute atomic E-state index is 15.3. The van der Waals surface area contributed by atoms with Crippen LogP contribution in [0.1, 0.15) is 80.6 Å². The van der Waals surface area contributed by atoms with E-state index in [0.29, 0.717) is 5.56 Å². The number of halogens is 1. The number of amides is 1. The van der Waals surface area contributed by atoms with Crippen LogP contribution in [0.15, 0.2) is 18.2 Å². The SMILES string of the molecule is CC(C)C(=O)C(NC(=O)c1cccc(C2CCCN(C)C2)c1F)C1CCCCC1. The third-order valence-electron chi connectivity index (χ3n) is 6.62. The highest BCUT2D eigenvalue weighted by Crippen LogP contribution is 2.31. The fourth-order valence-electron chi connectivity index (χ4n) is 4.93. The summed E-state index contributed by atoms with van der Waals surface area (Å²) >= 11 is 0. The van der Waals surface area contributed by atoms with E-state index >= 15 is 4.39 Å². The fraction of sp³-hybridized carbons (Fsp3) is 0.667. The number of benzene rings is 1. The molecular formula is C24H35FN2O2. The quantitative estimate of drug-likeness (QED) is 0.760. The Bertz CT molecular complexity index is 728. The van der Waals surface area contributed by atoms with Crippen molar-refractivity contribution in [3.8, 4) is 0 Å². The molecule has 3 rings (SSSR count). The van der Waals surface area contributed by atoms with E-state index < -0.39 is 17.8 Å². The average molecular weight is 403 g/mol. The molecule has 0 radical (unpaired) electrons. The van der Waals surface area contributed by atoms with Crippen LogP contribution in [0.25, 0.3) is 0 Å². The van der Waals surface area contributed by atoms with Crippen LogP contribution in [0.4, 0.5) is 4.39 Å². The van der Waals surface area contributed by atoms with Gasteiger partial charge in [-0.15, -0.1) is 0 Å². The first kappa shape index (κ1) is 21.9. The molecule has 1 aliphatic heterocycles. The van der Waals surface area contributed by atoms with E-state index in [1.165, 1.54) is 6.42 Å². The highest BCUT2D eigenvalue weighted by atomic mass is 19.1. The Morgan fingerprint density at radius 1 is 1.10 bits per heavy atom. The Morgan fingerprint density at radius 3 is 2.48 bits per heavy atom. The lowest BCUT2D eigenvalue weighted by atomic mass is 9.80. The van der Waals surface area contributed by atoms with Gasteiger partial charge in [0.1, 0.15) is 5.82 Å². The summed E-state index contributed by atoms with van der Waals surface area (Å²) in [5.74, 6) is -0.733. The van der Waals surface area contributed by atoms with Crippen LogP contribution in [-0.4, -0.2) is 42.8 Å². The van der Waals surface area contributed by atoms with E-state index in [1.54, 1.807) is 18.2 Å². The second kappa shape index (κ2) is 9.84. The third kappa shape index (κ3) is 5.25. The van der Waals surface area contributed by atoms with Crippen LogP contribution in [0, 0.1) is 17.7 Å². The van der Waals surface area contributed by atoms with Gasteiger partial charge in [0.25, 0.3) is 5.91 Å². The summed E-state index contributed by atoms with van der Waals surface area (Å²) in [6.07, 6.45) is 7.20. The minimum absolute atomic E-state index is 0.0516. The summed E-state index contributed by atoms with van der Waals surface area (Å²) < 4.78 is 15.3. The molecule has 1 saturated heterocycles. The molecule has 2 atom stereocenters. The van der Waals surface area contributed by atoms with E-state index in [-0.39, 0.29) is 29.1 Å². The molecule has 1 aromatic carbocycles. The van der Waals surface area contributed by atoms with Crippen LogP contribution < -0.4 is 5.32 Å². The van der Waals surface area contributed by atoms with Gasteiger partial charge in [0.15, 0.2) is 5.78 Å². The van der Waals surface area contributed by atoms with E-state index in [0.717, 1.165) is 51.6 Å². The first-order chi connectivity index (χ1) is 13.9. The lowest BCUT2D eigenvalue weighted by Gasteiger charge is -2.32. The van der Waals surface area contributed by atoms with Crippen LogP contribution in [0.5, 0.6) is 0 Å². The van der Waals surface area contributed by atoms with Crippen molar-refractivity contribution < 1.29 is 14.0 Å². The first-order valence-electron chi connectivity index (χ1n) is 11.2. The number of nitrogens with zero attached hydrogens (tertiary/aromatic N) is 1. The van der Waals surface area contributed by atoms with Crippen molar-refractivity contribution in [2.75, 3.05) is 20.1 Å². The molecule has 1 saturated carbocycles. The van der Waals surface area contributed by atoms with Crippen LogP contribution >= 0.6 is 0 Å². The second-order valence-electron chi connectivity index (χ2n) is 9.22. The lowest BCUT2D eigenvalue weighted by molar-refractivity contribution is -0.125. The number of hydrogen-bond donors (Lipinski definition) is 1. The van der Waals surface area contributed by atoms with E-state index in [9.17, 15) is 9.59 Å². The number of carbonyl (C=O) groups is 2. The van der Waals surface area contributed by atoms with Crippen LogP contribution in [0.3, 0.4) is 0 Å². The Kier molecular flexibility index (Phi) is 7.44. The molecule has 2 unspecified atom stereocenters. The van der Waals surface area contributed by atoms with Crippen molar-refractivity contribution in [1.29, 1.82) is 0 Å². The van der Waals surface area contributed by atoms with Gasteiger partial charge in [-0.1, -0.05) is 45.2 Å². The molecule has 0 spiro atoms. The Morgan fingerprint density at radius 2 is 1.83 bits per heavy atom.